The molecular weight excluding hydrogens is 377 g/mol. The van der Waals surface area contributed by atoms with Crippen LogP contribution in [0.2, 0.25) is 0 Å². The van der Waals surface area contributed by atoms with Crippen molar-refractivity contribution in [2.75, 3.05) is 27.2 Å². The number of ether oxygens (including phenoxy) is 1. The summed E-state index contributed by atoms with van der Waals surface area (Å²) >= 11 is 0. The molecule has 1 N–H and O–H groups in total. The molecule has 1 aliphatic rings. The fraction of sp³-hybridized carbons (Fsp3) is 0.579. The Morgan fingerprint density at radius 2 is 1.82 bits per heavy atom. The third-order valence-electron chi connectivity index (χ3n) is 5.27. The molecule has 9 heteroatoms. The van der Waals surface area contributed by atoms with Crippen LogP contribution in [0.25, 0.3) is 0 Å². The van der Waals surface area contributed by atoms with Crippen LogP contribution in [0.4, 0.5) is 13.2 Å². The molecule has 2 amide bonds. The SMILES string of the molecule is COc1ccc(C(=O)N(C)[C@H]2CCN(C(=O)C(C)(O)C(F)(F)F)C[C@H]2C)cc1. The molecule has 0 saturated carbocycles. The van der Waals surface area contributed by atoms with Crippen LogP contribution in [0.3, 0.4) is 0 Å². The first kappa shape index (κ1) is 22.0. The maximum absolute atomic E-state index is 12.9. The van der Waals surface area contributed by atoms with Crippen molar-refractivity contribution in [2.24, 2.45) is 5.92 Å². The van der Waals surface area contributed by atoms with Gasteiger partial charge in [0.05, 0.1) is 7.11 Å². The molecule has 1 fully saturated rings. The Bertz CT molecular complexity index is 719. The molecule has 0 aliphatic carbocycles. The van der Waals surface area contributed by atoms with Gasteiger partial charge in [-0.1, -0.05) is 6.92 Å². The minimum absolute atomic E-state index is 0.0238. The minimum atomic E-state index is -5.05. The highest BCUT2D eigenvalue weighted by molar-refractivity contribution is 5.94. The van der Waals surface area contributed by atoms with Crippen LogP contribution in [0.5, 0.6) is 5.75 Å². The van der Waals surface area contributed by atoms with E-state index in [9.17, 15) is 27.9 Å². The second-order valence-electron chi connectivity index (χ2n) is 7.30. The molecule has 6 nitrogen and oxygen atoms in total. The number of benzene rings is 1. The monoisotopic (exact) mass is 402 g/mol. The normalized spacial score (nSPS) is 22.4. The predicted molar refractivity (Wildman–Crippen MR) is 95.9 cm³/mol. The van der Waals surface area contributed by atoms with Crippen LogP contribution in [0.15, 0.2) is 24.3 Å². The Balaban J connectivity index is 2.06. The summed E-state index contributed by atoms with van der Waals surface area (Å²) in [4.78, 5) is 27.4. The van der Waals surface area contributed by atoms with Crippen molar-refractivity contribution in [1.29, 1.82) is 0 Å². The van der Waals surface area contributed by atoms with Crippen molar-refractivity contribution in [3.63, 3.8) is 0 Å². The van der Waals surface area contributed by atoms with Crippen molar-refractivity contribution in [3.8, 4) is 5.75 Å². The van der Waals surface area contributed by atoms with Gasteiger partial charge >= 0.3 is 6.18 Å². The van der Waals surface area contributed by atoms with Crippen LogP contribution < -0.4 is 4.74 Å². The first-order valence-corrected chi connectivity index (χ1v) is 8.89. The molecule has 1 unspecified atom stereocenters. The van der Waals surface area contributed by atoms with Gasteiger partial charge in [0.1, 0.15) is 5.75 Å². The number of rotatable bonds is 4. The number of hydrogen-bond acceptors (Lipinski definition) is 4. The number of alkyl halides is 3. The Kier molecular flexibility index (Phi) is 6.27. The summed E-state index contributed by atoms with van der Waals surface area (Å²) in [5.41, 5.74) is -2.96. The fourth-order valence-electron chi connectivity index (χ4n) is 3.41. The molecule has 28 heavy (non-hydrogen) atoms. The smallest absolute Gasteiger partial charge is 0.426 e. The van der Waals surface area contributed by atoms with E-state index in [2.05, 4.69) is 0 Å². The molecule has 1 aromatic carbocycles. The summed E-state index contributed by atoms with van der Waals surface area (Å²) in [6.07, 6.45) is -4.73. The lowest BCUT2D eigenvalue weighted by atomic mass is 9.90. The van der Waals surface area contributed by atoms with E-state index < -0.39 is 17.7 Å². The number of halogens is 3. The van der Waals surface area contributed by atoms with Gasteiger partial charge in [-0.2, -0.15) is 13.2 Å². The number of methoxy groups -OCH3 is 1. The van der Waals surface area contributed by atoms with Gasteiger partial charge in [-0.3, -0.25) is 9.59 Å². The van der Waals surface area contributed by atoms with Gasteiger partial charge in [0.15, 0.2) is 0 Å². The summed E-state index contributed by atoms with van der Waals surface area (Å²) < 4.78 is 43.9. The van der Waals surface area contributed by atoms with Crippen LogP contribution in [0.1, 0.15) is 30.6 Å². The van der Waals surface area contributed by atoms with E-state index in [1.54, 1.807) is 43.1 Å². The second kappa shape index (κ2) is 7.98. The zero-order valence-corrected chi connectivity index (χ0v) is 16.3. The average molecular weight is 402 g/mol. The molecule has 2 rings (SSSR count). The topological polar surface area (TPSA) is 70.1 Å². The van der Waals surface area contributed by atoms with E-state index >= 15 is 0 Å². The Morgan fingerprint density at radius 1 is 1.25 bits per heavy atom. The van der Waals surface area contributed by atoms with E-state index in [0.717, 1.165) is 4.90 Å². The molecule has 1 saturated heterocycles. The third kappa shape index (κ3) is 4.24. The van der Waals surface area contributed by atoms with Crippen molar-refractivity contribution in [2.45, 2.75) is 38.1 Å². The number of carbonyl (C=O) groups is 2. The molecule has 0 aromatic heterocycles. The molecular formula is C19H25F3N2O4. The predicted octanol–water partition coefficient (Wildman–Crippen LogP) is 2.32. The number of piperidine rings is 1. The van der Waals surface area contributed by atoms with Crippen molar-refractivity contribution < 1.29 is 32.6 Å². The van der Waals surface area contributed by atoms with E-state index in [1.165, 1.54) is 7.11 Å². The lowest BCUT2D eigenvalue weighted by molar-refractivity contribution is -0.251. The molecule has 1 aromatic rings. The van der Waals surface area contributed by atoms with Gasteiger partial charge < -0.3 is 19.6 Å². The van der Waals surface area contributed by atoms with Crippen molar-refractivity contribution in [3.05, 3.63) is 29.8 Å². The summed E-state index contributed by atoms with van der Waals surface area (Å²) in [5, 5.41) is 9.62. The van der Waals surface area contributed by atoms with Crippen molar-refractivity contribution in [1.82, 2.24) is 9.80 Å². The van der Waals surface area contributed by atoms with Crippen molar-refractivity contribution >= 4 is 11.8 Å². The average Bonchev–Trinajstić information content (AvgIpc) is 2.65. The van der Waals surface area contributed by atoms with Gasteiger partial charge in [-0.15, -0.1) is 0 Å². The van der Waals surface area contributed by atoms with Gasteiger partial charge in [-0.05, 0) is 43.5 Å². The zero-order chi connectivity index (χ0) is 21.3. The number of nitrogens with zero attached hydrogens (tertiary/aromatic N) is 2. The third-order valence-corrected chi connectivity index (χ3v) is 5.27. The van der Waals surface area contributed by atoms with Crippen LogP contribution >= 0.6 is 0 Å². The molecule has 0 bridgehead atoms. The Labute approximate surface area is 161 Å². The molecule has 0 radical (unpaired) electrons. The van der Waals surface area contributed by atoms with Crippen LogP contribution in [0, 0.1) is 5.92 Å². The lowest BCUT2D eigenvalue weighted by Gasteiger charge is -2.43. The minimum Gasteiger partial charge on any atom is -0.497 e. The van der Waals surface area contributed by atoms with Crippen LogP contribution in [-0.2, 0) is 4.79 Å². The highest BCUT2D eigenvalue weighted by atomic mass is 19.4. The number of amides is 2. The number of carbonyl (C=O) groups excluding carboxylic acids is 2. The lowest BCUT2D eigenvalue weighted by Crippen LogP contribution is -2.60. The fourth-order valence-corrected chi connectivity index (χ4v) is 3.41. The largest absolute Gasteiger partial charge is 0.497 e. The van der Waals surface area contributed by atoms with E-state index in [-0.39, 0.29) is 31.0 Å². The van der Waals surface area contributed by atoms with Crippen LogP contribution in [-0.4, -0.2) is 71.8 Å². The Morgan fingerprint density at radius 3 is 2.29 bits per heavy atom. The van der Waals surface area contributed by atoms with Gasteiger partial charge in [0.2, 0.25) is 5.60 Å². The van der Waals surface area contributed by atoms with Gasteiger partial charge in [-0.25, -0.2) is 0 Å². The number of hydrogen-bond donors (Lipinski definition) is 1. The number of likely N-dealkylation sites (tertiary alicyclic amines) is 1. The zero-order valence-electron chi connectivity index (χ0n) is 16.3. The highest BCUT2D eigenvalue weighted by Crippen LogP contribution is 2.33. The first-order chi connectivity index (χ1) is 12.9. The second-order valence-corrected chi connectivity index (χ2v) is 7.30. The molecule has 156 valence electrons. The summed E-state index contributed by atoms with van der Waals surface area (Å²) in [5.74, 6) is -1.22. The van der Waals surface area contributed by atoms with Gasteiger partial charge in [0.25, 0.3) is 11.8 Å². The molecule has 3 atom stereocenters. The summed E-state index contributed by atoms with van der Waals surface area (Å²) in [7, 11) is 3.16. The Hall–Kier alpha value is -2.29. The van der Waals surface area contributed by atoms with Gasteiger partial charge in [0, 0.05) is 31.7 Å². The van der Waals surface area contributed by atoms with E-state index in [0.29, 0.717) is 24.7 Å². The maximum Gasteiger partial charge on any atom is 0.426 e. The first-order valence-electron chi connectivity index (χ1n) is 8.89. The molecule has 0 spiro atoms. The molecule has 1 aliphatic heterocycles. The summed E-state index contributed by atoms with van der Waals surface area (Å²) in [6.45, 7) is 2.28. The number of aliphatic hydroxyl groups is 1. The standard InChI is InChI=1S/C19H25F3N2O4/c1-12-11-24(17(26)18(2,27)19(20,21)22)10-9-15(12)23(3)16(25)13-5-7-14(28-4)8-6-13/h5-8,12,15,27H,9-11H2,1-4H3/t12-,15+,18?/m1/s1. The van der Waals surface area contributed by atoms with E-state index in [4.69, 9.17) is 4.74 Å². The van der Waals surface area contributed by atoms with E-state index in [1.807, 2.05) is 0 Å². The highest BCUT2D eigenvalue weighted by Gasteiger charge is 2.57. The molecule has 1 heterocycles. The maximum atomic E-state index is 12.9. The summed E-state index contributed by atoms with van der Waals surface area (Å²) in [6, 6.07) is 6.38. The quantitative estimate of drug-likeness (QED) is 0.839.